The molecule has 2 aromatic rings. The Morgan fingerprint density at radius 1 is 1.29 bits per heavy atom. The number of hydrogen-bond acceptors (Lipinski definition) is 5. The Bertz CT molecular complexity index is 743. The number of ether oxygens (including phenoxy) is 1. The Kier molecular flexibility index (Phi) is 4.83. The number of benzene rings is 2. The molecule has 0 atom stereocenters. The van der Waals surface area contributed by atoms with E-state index in [4.69, 9.17) is 4.74 Å². The monoisotopic (exact) mass is 364 g/mol. The smallest absolute Gasteiger partial charge is 0.287 e. The zero-order chi connectivity index (χ0) is 15.4. The van der Waals surface area contributed by atoms with Gasteiger partial charge in [-0.25, -0.2) is 0 Å². The molecule has 0 fully saturated rings. The van der Waals surface area contributed by atoms with Crippen LogP contribution in [0.3, 0.4) is 0 Å². The van der Waals surface area contributed by atoms with Crippen molar-refractivity contribution in [3.8, 4) is 17.6 Å². The van der Waals surface area contributed by atoms with Gasteiger partial charge in [0.1, 0.15) is 27.6 Å². The largest absolute Gasteiger partial charge is 0.454 e. The van der Waals surface area contributed by atoms with E-state index >= 15 is 0 Å². The molecule has 0 heterocycles. The molecule has 0 amide bonds. The summed E-state index contributed by atoms with van der Waals surface area (Å²) >= 11 is 4.60. The second kappa shape index (κ2) is 6.61. The van der Waals surface area contributed by atoms with Gasteiger partial charge in [-0.15, -0.1) is 11.8 Å². The van der Waals surface area contributed by atoms with Crippen molar-refractivity contribution in [2.45, 2.75) is 4.90 Å². The van der Waals surface area contributed by atoms with E-state index in [0.717, 1.165) is 4.90 Å². The van der Waals surface area contributed by atoms with Crippen molar-refractivity contribution < 1.29 is 9.66 Å². The minimum absolute atomic E-state index is 0.0907. The fourth-order valence-corrected chi connectivity index (χ4v) is 2.77. The van der Waals surface area contributed by atoms with Gasteiger partial charge in [-0.3, -0.25) is 10.1 Å². The van der Waals surface area contributed by atoms with Crippen LogP contribution in [0.15, 0.2) is 45.8 Å². The van der Waals surface area contributed by atoms with Crippen LogP contribution >= 0.6 is 27.7 Å². The second-order valence-corrected chi connectivity index (χ2v) is 5.53. The molecule has 0 bridgehead atoms. The summed E-state index contributed by atoms with van der Waals surface area (Å²) in [5.41, 5.74) is 0.315. The molecular weight excluding hydrogens is 356 g/mol. The van der Waals surface area contributed by atoms with E-state index < -0.39 is 4.92 Å². The number of hydrogen-bond donors (Lipinski definition) is 0. The van der Waals surface area contributed by atoms with E-state index in [2.05, 4.69) is 22.0 Å². The number of nitro benzene ring substituents is 1. The fraction of sp³-hybridized carbons (Fsp3) is 0.0714. The van der Waals surface area contributed by atoms with Gasteiger partial charge in [-0.1, -0.05) is 12.1 Å². The molecule has 2 rings (SSSR count). The zero-order valence-electron chi connectivity index (χ0n) is 10.9. The third kappa shape index (κ3) is 3.17. The van der Waals surface area contributed by atoms with Gasteiger partial charge >= 0.3 is 0 Å². The molecule has 0 aliphatic heterocycles. The van der Waals surface area contributed by atoms with Crippen LogP contribution < -0.4 is 4.74 Å². The second-order valence-electron chi connectivity index (χ2n) is 3.89. The Hall–Kier alpha value is -2.04. The van der Waals surface area contributed by atoms with Crippen molar-refractivity contribution >= 4 is 33.4 Å². The zero-order valence-corrected chi connectivity index (χ0v) is 13.3. The van der Waals surface area contributed by atoms with Gasteiger partial charge < -0.3 is 4.74 Å². The van der Waals surface area contributed by atoms with E-state index in [1.54, 1.807) is 18.2 Å². The fourth-order valence-electron chi connectivity index (χ4n) is 1.71. The molecule has 0 saturated heterocycles. The first-order valence-electron chi connectivity index (χ1n) is 5.76. The predicted octanol–water partition coefficient (Wildman–Crippen LogP) is 4.74. The number of nitrogens with zero attached hydrogens (tertiary/aromatic N) is 2. The summed E-state index contributed by atoms with van der Waals surface area (Å²) in [7, 11) is 0. The van der Waals surface area contributed by atoms with E-state index in [1.807, 2.05) is 12.3 Å². The molecule has 0 aliphatic carbocycles. The SMILES string of the molecule is CSc1cccc(Oc2cccc([N+](=O)[O-])c2Br)c1C#N. The molecule has 21 heavy (non-hydrogen) atoms. The lowest BCUT2D eigenvalue weighted by Crippen LogP contribution is -1.94. The molecule has 106 valence electrons. The predicted molar refractivity (Wildman–Crippen MR) is 83.8 cm³/mol. The maximum Gasteiger partial charge on any atom is 0.287 e. The van der Waals surface area contributed by atoms with Crippen LogP contribution in [-0.4, -0.2) is 11.2 Å². The van der Waals surface area contributed by atoms with Crippen molar-refractivity contribution in [2.24, 2.45) is 0 Å². The van der Waals surface area contributed by atoms with Crippen molar-refractivity contribution in [1.82, 2.24) is 0 Å². The number of halogens is 1. The van der Waals surface area contributed by atoms with E-state index in [1.165, 1.54) is 23.9 Å². The van der Waals surface area contributed by atoms with Gasteiger partial charge in [-0.2, -0.15) is 5.26 Å². The molecule has 5 nitrogen and oxygen atoms in total. The topological polar surface area (TPSA) is 76.2 Å². The summed E-state index contributed by atoms with van der Waals surface area (Å²) in [5, 5.41) is 20.2. The van der Waals surface area contributed by atoms with Crippen molar-refractivity contribution in [2.75, 3.05) is 6.26 Å². The Balaban J connectivity index is 2.47. The molecule has 0 aromatic heterocycles. The minimum atomic E-state index is -0.500. The van der Waals surface area contributed by atoms with Gasteiger partial charge in [0.15, 0.2) is 0 Å². The van der Waals surface area contributed by atoms with Gasteiger partial charge in [-0.05, 0) is 40.4 Å². The molecule has 0 radical (unpaired) electrons. The number of thioether (sulfide) groups is 1. The Morgan fingerprint density at radius 3 is 2.57 bits per heavy atom. The molecule has 7 heteroatoms. The highest BCUT2D eigenvalue weighted by Crippen LogP contribution is 2.38. The first-order valence-corrected chi connectivity index (χ1v) is 7.78. The maximum atomic E-state index is 10.9. The lowest BCUT2D eigenvalue weighted by molar-refractivity contribution is -0.385. The van der Waals surface area contributed by atoms with Gasteiger partial charge in [0.05, 0.1) is 4.92 Å². The Labute approximate surface area is 133 Å². The molecule has 2 aromatic carbocycles. The highest BCUT2D eigenvalue weighted by molar-refractivity contribution is 9.10. The summed E-state index contributed by atoms with van der Waals surface area (Å²) in [6.07, 6.45) is 1.86. The quantitative estimate of drug-likeness (QED) is 0.444. The van der Waals surface area contributed by atoms with Crippen LogP contribution in [0.4, 0.5) is 5.69 Å². The number of nitro groups is 1. The van der Waals surface area contributed by atoms with Crippen LogP contribution in [-0.2, 0) is 0 Å². The van der Waals surface area contributed by atoms with Crippen LogP contribution in [0.1, 0.15) is 5.56 Å². The highest BCUT2D eigenvalue weighted by Gasteiger charge is 2.18. The lowest BCUT2D eigenvalue weighted by atomic mass is 10.2. The van der Waals surface area contributed by atoms with Crippen LogP contribution in [0, 0.1) is 21.4 Å². The molecule has 0 unspecified atom stereocenters. The minimum Gasteiger partial charge on any atom is -0.454 e. The molecular formula is C14H9BrN2O3S. The third-order valence-electron chi connectivity index (χ3n) is 2.68. The van der Waals surface area contributed by atoms with Gasteiger partial charge in [0.2, 0.25) is 0 Å². The standard InChI is InChI=1S/C14H9BrN2O3S/c1-21-13-7-3-5-11(9(13)8-16)20-12-6-2-4-10(14(12)15)17(18)19/h2-7H,1H3. The van der Waals surface area contributed by atoms with Crippen molar-refractivity contribution in [3.63, 3.8) is 0 Å². The first-order chi connectivity index (χ1) is 10.1. The maximum absolute atomic E-state index is 10.9. The molecule has 0 saturated carbocycles. The average Bonchev–Trinajstić information content (AvgIpc) is 2.48. The van der Waals surface area contributed by atoms with Crippen LogP contribution in [0.25, 0.3) is 0 Å². The van der Waals surface area contributed by atoms with Crippen molar-refractivity contribution in [1.29, 1.82) is 5.26 Å². The summed E-state index contributed by atoms with van der Waals surface area (Å²) < 4.78 is 5.92. The van der Waals surface area contributed by atoms with Gasteiger partial charge in [0, 0.05) is 11.0 Å². The first kappa shape index (κ1) is 15.4. The third-order valence-corrected chi connectivity index (χ3v) is 4.26. The summed E-state index contributed by atoms with van der Waals surface area (Å²) in [6, 6.07) is 11.8. The highest BCUT2D eigenvalue weighted by atomic mass is 79.9. The van der Waals surface area contributed by atoms with Crippen molar-refractivity contribution in [3.05, 3.63) is 56.5 Å². The van der Waals surface area contributed by atoms with Crippen LogP contribution in [0.2, 0.25) is 0 Å². The number of nitriles is 1. The van der Waals surface area contributed by atoms with E-state index in [0.29, 0.717) is 17.1 Å². The molecule has 0 aliphatic rings. The van der Waals surface area contributed by atoms with E-state index in [-0.39, 0.29) is 10.2 Å². The lowest BCUT2D eigenvalue weighted by Gasteiger charge is -2.11. The summed E-state index contributed by atoms with van der Waals surface area (Å²) in [5.74, 6) is 0.657. The normalized spacial score (nSPS) is 9.95. The van der Waals surface area contributed by atoms with Crippen LogP contribution in [0.5, 0.6) is 11.5 Å². The summed E-state index contributed by atoms with van der Waals surface area (Å²) in [4.78, 5) is 11.2. The molecule has 0 N–H and O–H groups in total. The number of rotatable bonds is 4. The van der Waals surface area contributed by atoms with Gasteiger partial charge in [0.25, 0.3) is 5.69 Å². The average molecular weight is 365 g/mol. The molecule has 0 spiro atoms. The van der Waals surface area contributed by atoms with E-state index in [9.17, 15) is 15.4 Å². The Morgan fingerprint density at radius 2 is 1.95 bits per heavy atom. The summed E-state index contributed by atoms with van der Waals surface area (Å²) in [6.45, 7) is 0.